The van der Waals surface area contributed by atoms with Gasteiger partial charge in [0.05, 0.1) is 4.90 Å². The number of hydrogen-bond acceptors (Lipinski definition) is 4. The first-order chi connectivity index (χ1) is 8.16. The molecule has 0 saturated carbocycles. The van der Waals surface area contributed by atoms with Crippen LogP contribution in [-0.2, 0) is 10.0 Å². The van der Waals surface area contributed by atoms with Gasteiger partial charge in [-0.3, -0.25) is 0 Å². The second-order valence-corrected chi connectivity index (χ2v) is 5.20. The lowest BCUT2D eigenvalue weighted by Gasteiger charge is -2.19. The van der Waals surface area contributed by atoms with Crippen molar-refractivity contribution in [1.82, 2.24) is 5.16 Å². The van der Waals surface area contributed by atoms with Crippen molar-refractivity contribution in [3.8, 4) is 0 Å². The van der Waals surface area contributed by atoms with Crippen molar-refractivity contribution in [3.63, 3.8) is 0 Å². The van der Waals surface area contributed by atoms with Crippen LogP contribution in [0.3, 0.4) is 0 Å². The maximum atomic E-state index is 12.3. The molecule has 90 valence electrons. The molecule has 1 aromatic carbocycles. The molecule has 0 unspecified atom stereocenters. The molecule has 2 rings (SSSR count). The van der Waals surface area contributed by atoms with E-state index in [0.717, 1.165) is 0 Å². The minimum Gasteiger partial charge on any atom is -0.363 e. The van der Waals surface area contributed by atoms with E-state index >= 15 is 0 Å². The smallest absolute Gasteiger partial charge is 0.265 e. The number of benzene rings is 1. The van der Waals surface area contributed by atoms with Crippen molar-refractivity contribution in [1.29, 1.82) is 0 Å². The molecule has 0 aliphatic heterocycles. The third kappa shape index (κ3) is 2.16. The van der Waals surface area contributed by atoms with Crippen LogP contribution in [0.25, 0.3) is 0 Å². The van der Waals surface area contributed by atoms with Crippen molar-refractivity contribution >= 4 is 15.8 Å². The van der Waals surface area contributed by atoms with Gasteiger partial charge in [0, 0.05) is 12.6 Å². The van der Waals surface area contributed by atoms with E-state index in [4.69, 9.17) is 0 Å². The van der Waals surface area contributed by atoms with Crippen molar-refractivity contribution in [2.45, 2.75) is 11.8 Å². The molecule has 0 atom stereocenters. The third-order valence-corrected chi connectivity index (χ3v) is 4.19. The lowest BCUT2D eigenvalue weighted by atomic mass is 10.4. The van der Waals surface area contributed by atoms with Crippen molar-refractivity contribution in [3.05, 3.63) is 42.7 Å². The number of nitrogens with zero attached hydrogens (tertiary/aromatic N) is 2. The number of hydrogen-bond donors (Lipinski definition) is 0. The van der Waals surface area contributed by atoms with Gasteiger partial charge in [-0.25, -0.2) is 12.7 Å². The molecule has 0 N–H and O–H groups in total. The fraction of sp³-hybridized carbons (Fsp3) is 0.182. The van der Waals surface area contributed by atoms with E-state index < -0.39 is 10.0 Å². The van der Waals surface area contributed by atoms with Crippen molar-refractivity contribution in [2.24, 2.45) is 0 Å². The first-order valence-electron chi connectivity index (χ1n) is 5.14. The van der Waals surface area contributed by atoms with Gasteiger partial charge >= 0.3 is 0 Å². The molecule has 0 bridgehead atoms. The van der Waals surface area contributed by atoms with Crippen LogP contribution in [0.15, 0.2) is 52.1 Å². The number of sulfonamides is 1. The van der Waals surface area contributed by atoms with Crippen LogP contribution in [0, 0.1) is 0 Å². The maximum absolute atomic E-state index is 12.3. The zero-order chi connectivity index (χ0) is 12.3. The Hall–Kier alpha value is -1.82. The molecule has 0 aliphatic carbocycles. The van der Waals surface area contributed by atoms with Crippen molar-refractivity contribution in [2.75, 3.05) is 10.8 Å². The van der Waals surface area contributed by atoms with E-state index in [2.05, 4.69) is 9.68 Å². The SMILES string of the molecule is CCN(c1ccon1)S(=O)(=O)c1ccccc1. The molecule has 0 fully saturated rings. The summed E-state index contributed by atoms with van der Waals surface area (Å²) in [6.07, 6.45) is 1.35. The lowest BCUT2D eigenvalue weighted by Crippen LogP contribution is -2.30. The van der Waals surface area contributed by atoms with Crippen LogP contribution >= 0.6 is 0 Å². The molecule has 5 nitrogen and oxygen atoms in total. The van der Waals surface area contributed by atoms with Gasteiger partial charge in [0.25, 0.3) is 10.0 Å². The lowest BCUT2D eigenvalue weighted by molar-refractivity contribution is 0.421. The highest BCUT2D eigenvalue weighted by Crippen LogP contribution is 2.21. The molecule has 0 saturated heterocycles. The monoisotopic (exact) mass is 252 g/mol. The molecule has 6 heteroatoms. The summed E-state index contributed by atoms with van der Waals surface area (Å²) in [5.41, 5.74) is 0. The van der Waals surface area contributed by atoms with Gasteiger partial charge in [-0.05, 0) is 19.1 Å². The molecule has 0 spiro atoms. The van der Waals surface area contributed by atoms with Crippen LogP contribution in [0.5, 0.6) is 0 Å². The van der Waals surface area contributed by atoms with Gasteiger partial charge in [-0.2, -0.15) is 0 Å². The molecule has 1 heterocycles. The van der Waals surface area contributed by atoms with Gasteiger partial charge in [-0.1, -0.05) is 23.4 Å². The molecule has 2 aromatic rings. The Morgan fingerprint density at radius 3 is 2.47 bits per heavy atom. The quantitative estimate of drug-likeness (QED) is 0.833. The highest BCUT2D eigenvalue weighted by molar-refractivity contribution is 7.92. The zero-order valence-corrected chi connectivity index (χ0v) is 10.1. The summed E-state index contributed by atoms with van der Waals surface area (Å²) in [6, 6.07) is 9.76. The van der Waals surface area contributed by atoms with E-state index in [9.17, 15) is 8.42 Å². The van der Waals surface area contributed by atoms with E-state index in [0.29, 0.717) is 6.54 Å². The summed E-state index contributed by atoms with van der Waals surface area (Å²) in [5, 5.41) is 3.65. The van der Waals surface area contributed by atoms with Gasteiger partial charge in [0.1, 0.15) is 6.26 Å². The van der Waals surface area contributed by atoms with Crippen LogP contribution in [0.2, 0.25) is 0 Å². The van der Waals surface area contributed by atoms with Gasteiger partial charge in [0.2, 0.25) is 0 Å². The van der Waals surface area contributed by atoms with E-state index in [1.165, 1.54) is 16.6 Å². The van der Waals surface area contributed by atoms with Crippen LogP contribution in [0.1, 0.15) is 6.92 Å². The van der Waals surface area contributed by atoms with Gasteiger partial charge in [-0.15, -0.1) is 0 Å². The van der Waals surface area contributed by atoms with Crippen molar-refractivity contribution < 1.29 is 12.9 Å². The Balaban J connectivity index is 2.45. The van der Waals surface area contributed by atoms with Crippen LogP contribution < -0.4 is 4.31 Å². The summed E-state index contributed by atoms with van der Waals surface area (Å²) in [4.78, 5) is 0.241. The summed E-state index contributed by atoms with van der Waals surface area (Å²) in [5.74, 6) is 0.288. The van der Waals surface area contributed by atoms with E-state index in [1.54, 1.807) is 37.3 Å². The van der Waals surface area contributed by atoms with Crippen LogP contribution in [0.4, 0.5) is 5.82 Å². The summed E-state index contributed by atoms with van der Waals surface area (Å²) in [6.45, 7) is 2.04. The molecule has 17 heavy (non-hydrogen) atoms. The Morgan fingerprint density at radius 1 is 1.24 bits per heavy atom. The Labute approximate surface area is 99.7 Å². The highest BCUT2D eigenvalue weighted by Gasteiger charge is 2.24. The Kier molecular flexibility index (Phi) is 3.14. The largest absolute Gasteiger partial charge is 0.363 e. The topological polar surface area (TPSA) is 63.4 Å². The summed E-state index contributed by atoms with van der Waals surface area (Å²) in [7, 11) is -3.56. The normalized spacial score (nSPS) is 11.4. The summed E-state index contributed by atoms with van der Waals surface area (Å²) >= 11 is 0. The number of aromatic nitrogens is 1. The average Bonchev–Trinajstić information content (AvgIpc) is 2.84. The molecule has 0 amide bonds. The molecular formula is C11H12N2O3S. The molecular weight excluding hydrogens is 240 g/mol. The maximum Gasteiger partial charge on any atom is 0.265 e. The minimum absolute atomic E-state index is 0.241. The Bertz CT molecular complexity index is 564. The average molecular weight is 252 g/mol. The summed E-state index contributed by atoms with van der Waals surface area (Å²) < 4.78 is 30.5. The third-order valence-electron chi connectivity index (χ3n) is 2.30. The zero-order valence-electron chi connectivity index (χ0n) is 9.28. The van der Waals surface area contributed by atoms with E-state index in [-0.39, 0.29) is 10.7 Å². The first-order valence-corrected chi connectivity index (χ1v) is 6.58. The highest BCUT2D eigenvalue weighted by atomic mass is 32.2. The first kappa shape index (κ1) is 11.7. The predicted molar refractivity (Wildman–Crippen MR) is 63.2 cm³/mol. The fourth-order valence-corrected chi connectivity index (χ4v) is 2.95. The standard InChI is InChI=1S/C11H12N2O3S/c1-2-13(11-8-9-16-12-11)17(14,15)10-6-4-3-5-7-10/h3-9H,2H2,1H3. The second kappa shape index (κ2) is 4.58. The van der Waals surface area contributed by atoms with Crippen LogP contribution in [-0.4, -0.2) is 20.1 Å². The number of anilines is 1. The number of rotatable bonds is 4. The van der Waals surface area contributed by atoms with Gasteiger partial charge in [0.15, 0.2) is 5.82 Å². The minimum atomic E-state index is -3.56. The van der Waals surface area contributed by atoms with E-state index in [1.807, 2.05) is 0 Å². The fourth-order valence-electron chi connectivity index (χ4n) is 1.51. The molecule has 1 aromatic heterocycles. The van der Waals surface area contributed by atoms with Gasteiger partial charge < -0.3 is 4.52 Å². The second-order valence-electron chi connectivity index (χ2n) is 3.34. The Morgan fingerprint density at radius 2 is 1.94 bits per heavy atom. The molecule has 0 aliphatic rings. The molecule has 0 radical (unpaired) electrons. The predicted octanol–water partition coefficient (Wildman–Crippen LogP) is 1.89.